The number of amides is 1. The summed E-state index contributed by atoms with van der Waals surface area (Å²) in [6.45, 7) is 15.0. The number of carbonyl (C=O) groups excluding carboxylic acids is 1. The van der Waals surface area contributed by atoms with Crippen LogP contribution in [-0.4, -0.2) is 41.5 Å². The Kier molecular flexibility index (Phi) is 6.60. The molecule has 1 aliphatic heterocycles. The molecule has 1 fully saturated rings. The second kappa shape index (κ2) is 8.63. The number of anilines is 1. The lowest BCUT2D eigenvalue weighted by Crippen LogP contribution is -2.41. The van der Waals surface area contributed by atoms with Gasteiger partial charge in [-0.25, -0.2) is 13.1 Å². The van der Waals surface area contributed by atoms with Crippen molar-refractivity contribution in [3.63, 3.8) is 0 Å². The van der Waals surface area contributed by atoms with E-state index in [0.29, 0.717) is 36.6 Å². The van der Waals surface area contributed by atoms with Crippen LogP contribution >= 0.6 is 0 Å². The number of aryl methyl sites for hydroxylation is 1. The van der Waals surface area contributed by atoms with Crippen LogP contribution in [-0.2, 0) is 25.8 Å². The van der Waals surface area contributed by atoms with E-state index in [4.69, 9.17) is 5.10 Å². The van der Waals surface area contributed by atoms with E-state index >= 15 is 0 Å². The highest BCUT2D eigenvalue weighted by atomic mass is 32.2. The zero-order valence-corrected chi connectivity index (χ0v) is 21.1. The normalized spacial score (nSPS) is 16.8. The Labute approximate surface area is 192 Å². The highest BCUT2D eigenvalue weighted by molar-refractivity contribution is 7.89. The predicted octanol–water partition coefficient (Wildman–Crippen LogP) is 4.28. The third-order valence-electron chi connectivity index (χ3n) is 5.85. The van der Waals surface area contributed by atoms with Crippen molar-refractivity contribution in [2.24, 2.45) is 5.92 Å². The van der Waals surface area contributed by atoms with Crippen LogP contribution in [0.1, 0.15) is 65.6 Å². The lowest BCUT2D eigenvalue weighted by atomic mass is 9.92. The number of nitrogens with one attached hydrogen (secondary N) is 1. The molecule has 1 aromatic heterocycles. The first-order valence-electron chi connectivity index (χ1n) is 11.2. The summed E-state index contributed by atoms with van der Waals surface area (Å²) in [6.07, 6.45) is 0.986. The molecule has 0 saturated carbocycles. The number of sulfonamides is 1. The number of hydrogen-bond acceptors (Lipinski definition) is 4. The molecule has 0 radical (unpaired) electrons. The maximum Gasteiger partial charge on any atom is 0.243 e. The number of carbonyl (C=O) groups is 1. The van der Waals surface area contributed by atoms with Gasteiger partial charge in [0.05, 0.1) is 16.1 Å². The van der Waals surface area contributed by atoms with Crippen LogP contribution in [0.3, 0.4) is 0 Å². The lowest BCUT2D eigenvalue weighted by Gasteiger charge is -2.31. The van der Waals surface area contributed by atoms with Crippen molar-refractivity contribution in [3.05, 3.63) is 41.6 Å². The van der Waals surface area contributed by atoms with Crippen molar-refractivity contribution >= 4 is 21.7 Å². The van der Waals surface area contributed by atoms with Gasteiger partial charge in [-0.05, 0) is 52.7 Å². The zero-order valence-electron chi connectivity index (χ0n) is 20.3. The van der Waals surface area contributed by atoms with Crippen molar-refractivity contribution in [2.75, 3.05) is 18.4 Å². The molecule has 2 aromatic rings. The van der Waals surface area contributed by atoms with Crippen LogP contribution in [0.4, 0.5) is 5.82 Å². The Hall–Kier alpha value is -2.19. The number of hydrogen-bond donors (Lipinski definition) is 1. The van der Waals surface area contributed by atoms with E-state index in [-0.39, 0.29) is 22.8 Å². The third-order valence-corrected chi connectivity index (χ3v) is 7.76. The van der Waals surface area contributed by atoms with Gasteiger partial charge >= 0.3 is 0 Å². The number of nitrogens with zero attached hydrogens (tertiary/aromatic N) is 3. The molecule has 0 bridgehead atoms. The summed E-state index contributed by atoms with van der Waals surface area (Å²) in [5, 5.41) is 7.81. The molecule has 1 N–H and O–H groups in total. The van der Waals surface area contributed by atoms with Crippen molar-refractivity contribution in [1.82, 2.24) is 14.1 Å². The summed E-state index contributed by atoms with van der Waals surface area (Å²) in [4.78, 5) is 13.3. The summed E-state index contributed by atoms with van der Waals surface area (Å²) >= 11 is 0. The molecular formula is C24H36N4O3S. The first-order valence-corrected chi connectivity index (χ1v) is 12.6. The first-order chi connectivity index (χ1) is 14.7. The predicted molar refractivity (Wildman–Crippen MR) is 127 cm³/mol. The molecule has 3 rings (SSSR count). The smallest absolute Gasteiger partial charge is 0.243 e. The Balaban J connectivity index is 1.70. The average molecular weight is 461 g/mol. The molecule has 7 nitrogen and oxygen atoms in total. The fraction of sp³-hybridized carbons (Fsp3) is 0.583. The third kappa shape index (κ3) is 5.23. The Morgan fingerprint density at radius 3 is 2.09 bits per heavy atom. The number of aromatic nitrogens is 2. The maximum absolute atomic E-state index is 13.0. The van der Waals surface area contributed by atoms with E-state index in [2.05, 4.69) is 46.9 Å². The number of rotatable bonds is 4. The molecule has 176 valence electrons. The summed E-state index contributed by atoms with van der Waals surface area (Å²) in [5.41, 5.74) is 1.52. The summed E-state index contributed by atoms with van der Waals surface area (Å²) < 4.78 is 29.2. The van der Waals surface area contributed by atoms with Crippen LogP contribution in [0.2, 0.25) is 0 Å². The largest absolute Gasteiger partial charge is 0.311 e. The van der Waals surface area contributed by atoms with Gasteiger partial charge < -0.3 is 5.32 Å². The number of benzene rings is 1. The molecule has 0 spiro atoms. The van der Waals surface area contributed by atoms with E-state index < -0.39 is 10.0 Å². The minimum absolute atomic E-state index is 0.0803. The Morgan fingerprint density at radius 1 is 1.03 bits per heavy atom. The van der Waals surface area contributed by atoms with Crippen LogP contribution < -0.4 is 5.32 Å². The molecule has 1 amide bonds. The van der Waals surface area contributed by atoms with Gasteiger partial charge in [0.2, 0.25) is 15.9 Å². The minimum atomic E-state index is -3.54. The fourth-order valence-electron chi connectivity index (χ4n) is 3.79. The SMILES string of the molecule is Cc1ccc(S(=O)(=O)N2CCC(C(=O)Nc3cc(C(C)(C)C)nn3C(C)(C)C)CC2)cc1. The van der Waals surface area contributed by atoms with Gasteiger partial charge in [0.1, 0.15) is 5.82 Å². The van der Waals surface area contributed by atoms with Gasteiger partial charge in [-0.1, -0.05) is 38.5 Å². The molecule has 0 unspecified atom stereocenters. The molecule has 32 heavy (non-hydrogen) atoms. The van der Waals surface area contributed by atoms with Crippen molar-refractivity contribution in [1.29, 1.82) is 0 Å². The van der Waals surface area contributed by atoms with Crippen LogP contribution in [0.25, 0.3) is 0 Å². The van der Waals surface area contributed by atoms with Crippen molar-refractivity contribution in [3.8, 4) is 0 Å². The summed E-state index contributed by atoms with van der Waals surface area (Å²) in [7, 11) is -3.54. The topological polar surface area (TPSA) is 84.3 Å². The van der Waals surface area contributed by atoms with E-state index in [1.54, 1.807) is 24.3 Å². The minimum Gasteiger partial charge on any atom is -0.311 e. The van der Waals surface area contributed by atoms with Gasteiger partial charge in [0, 0.05) is 30.5 Å². The summed E-state index contributed by atoms with van der Waals surface area (Å²) in [5.74, 6) is 0.367. The molecule has 0 atom stereocenters. The van der Waals surface area contributed by atoms with Crippen molar-refractivity contribution in [2.45, 2.75) is 77.2 Å². The van der Waals surface area contributed by atoms with Crippen LogP contribution in [0, 0.1) is 12.8 Å². The molecule has 8 heteroatoms. The van der Waals surface area contributed by atoms with Gasteiger partial charge in [-0.2, -0.15) is 9.40 Å². The van der Waals surface area contributed by atoms with Gasteiger partial charge in [0.15, 0.2) is 0 Å². The summed E-state index contributed by atoms with van der Waals surface area (Å²) in [6, 6.07) is 8.84. The molecule has 2 heterocycles. The molecule has 0 aliphatic carbocycles. The van der Waals surface area contributed by atoms with E-state index in [0.717, 1.165) is 11.3 Å². The van der Waals surface area contributed by atoms with Gasteiger partial charge in [0.25, 0.3) is 0 Å². The van der Waals surface area contributed by atoms with Crippen LogP contribution in [0.15, 0.2) is 35.2 Å². The molecule has 1 aliphatic rings. The van der Waals surface area contributed by atoms with Crippen molar-refractivity contribution < 1.29 is 13.2 Å². The monoisotopic (exact) mass is 460 g/mol. The second-order valence-corrected chi connectivity index (χ2v) is 12.7. The molecular weight excluding hydrogens is 424 g/mol. The fourth-order valence-corrected chi connectivity index (χ4v) is 5.26. The van der Waals surface area contributed by atoms with Crippen LogP contribution in [0.5, 0.6) is 0 Å². The quantitative estimate of drug-likeness (QED) is 0.738. The van der Waals surface area contributed by atoms with Gasteiger partial charge in [-0.15, -0.1) is 0 Å². The van der Waals surface area contributed by atoms with E-state index in [1.807, 2.05) is 17.7 Å². The first kappa shape index (κ1) is 24.5. The average Bonchev–Trinajstić information content (AvgIpc) is 3.13. The van der Waals surface area contributed by atoms with E-state index in [1.165, 1.54) is 4.31 Å². The number of piperidine rings is 1. The molecule has 1 saturated heterocycles. The standard InChI is InChI=1S/C24H36N4O3S/c1-17-8-10-19(11-9-17)32(30,31)27-14-12-18(13-15-27)22(29)25-21-16-20(23(2,3)4)26-28(21)24(5,6)7/h8-11,16,18H,12-15H2,1-7H3,(H,25,29). The Bertz CT molecular complexity index is 1070. The Morgan fingerprint density at radius 2 is 1.59 bits per heavy atom. The second-order valence-electron chi connectivity index (χ2n) is 10.7. The lowest BCUT2D eigenvalue weighted by molar-refractivity contribution is -0.121. The van der Waals surface area contributed by atoms with Gasteiger partial charge in [-0.3, -0.25) is 4.79 Å². The molecule has 1 aromatic carbocycles. The highest BCUT2D eigenvalue weighted by Crippen LogP contribution is 2.30. The maximum atomic E-state index is 13.0. The highest BCUT2D eigenvalue weighted by Gasteiger charge is 2.33. The zero-order chi connectivity index (χ0) is 23.9. The van der Waals surface area contributed by atoms with E-state index in [9.17, 15) is 13.2 Å².